The molecule has 15 heavy (non-hydrogen) atoms. The summed E-state index contributed by atoms with van der Waals surface area (Å²) in [5, 5.41) is 0. The molecule has 0 saturated carbocycles. The molecule has 0 nitrogen and oxygen atoms in total. The summed E-state index contributed by atoms with van der Waals surface area (Å²) >= 11 is 0. The van der Waals surface area contributed by atoms with Crippen molar-refractivity contribution < 1.29 is 0 Å². The maximum absolute atomic E-state index is 3.56. The molecule has 0 atom stereocenters. The van der Waals surface area contributed by atoms with Gasteiger partial charge in [0.15, 0.2) is 0 Å². The Morgan fingerprint density at radius 1 is 0.800 bits per heavy atom. The lowest BCUT2D eigenvalue weighted by molar-refractivity contribution is 1.60. The Hall–Kier alpha value is -2.04. The van der Waals surface area contributed by atoms with Crippen molar-refractivity contribution >= 4 is 6.08 Å². The van der Waals surface area contributed by atoms with Crippen molar-refractivity contribution in [1.29, 1.82) is 0 Å². The summed E-state index contributed by atoms with van der Waals surface area (Å²) < 4.78 is 0. The van der Waals surface area contributed by atoms with Crippen molar-refractivity contribution in [2.45, 2.75) is 0 Å². The molecule has 0 unspecified atom stereocenters. The summed E-state index contributed by atoms with van der Waals surface area (Å²) in [7, 11) is 0. The number of hydrogen-bond acceptors (Lipinski definition) is 0. The lowest BCUT2D eigenvalue weighted by atomic mass is 10.0. The summed E-state index contributed by atoms with van der Waals surface area (Å²) in [6, 6.07) is 18.7. The Labute approximate surface area is 90.2 Å². The molecule has 0 aromatic heterocycles. The monoisotopic (exact) mass is 192 g/mol. The lowest BCUT2D eigenvalue weighted by Gasteiger charge is -2.01. The zero-order valence-electron chi connectivity index (χ0n) is 8.48. The van der Waals surface area contributed by atoms with E-state index in [9.17, 15) is 0 Å². The minimum atomic E-state index is 1.13. The predicted octanol–water partition coefficient (Wildman–Crippen LogP) is 4.15. The van der Waals surface area contributed by atoms with Gasteiger partial charge in [0.05, 0.1) is 0 Å². The molecule has 0 bridgehead atoms. The molecule has 0 amide bonds. The van der Waals surface area contributed by atoms with Gasteiger partial charge >= 0.3 is 0 Å². The molecule has 0 heterocycles. The number of hydrogen-bond donors (Lipinski definition) is 0. The second-order valence-corrected chi connectivity index (χ2v) is 3.34. The molecule has 0 spiro atoms. The highest BCUT2D eigenvalue weighted by Crippen LogP contribution is 2.19. The van der Waals surface area contributed by atoms with Crippen LogP contribution in [0.25, 0.3) is 17.2 Å². The Kier molecular flexibility index (Phi) is 2.82. The standard InChI is InChI=1S/C15H12/c1-2-6-13-9-11-15(12-10-13)14-7-4-3-5-8-14/h3-12H,1H2. The molecule has 0 aliphatic rings. The van der Waals surface area contributed by atoms with Crippen LogP contribution in [0.2, 0.25) is 0 Å². The SMILES string of the molecule is C=C=Cc1ccc(-c2ccccc2)cc1. The molecule has 2 rings (SSSR count). The van der Waals surface area contributed by atoms with Gasteiger partial charge < -0.3 is 0 Å². The zero-order chi connectivity index (χ0) is 10.5. The van der Waals surface area contributed by atoms with E-state index in [1.807, 2.05) is 24.3 Å². The number of benzene rings is 2. The van der Waals surface area contributed by atoms with E-state index in [0.29, 0.717) is 0 Å². The van der Waals surface area contributed by atoms with Crippen LogP contribution in [0.5, 0.6) is 0 Å². The predicted molar refractivity (Wildman–Crippen MR) is 65.5 cm³/mol. The van der Waals surface area contributed by atoms with E-state index in [2.05, 4.69) is 48.7 Å². The van der Waals surface area contributed by atoms with Crippen molar-refractivity contribution in [2.75, 3.05) is 0 Å². The Morgan fingerprint density at radius 3 is 2.00 bits per heavy atom. The van der Waals surface area contributed by atoms with Crippen LogP contribution in [0.3, 0.4) is 0 Å². The van der Waals surface area contributed by atoms with E-state index < -0.39 is 0 Å². The fourth-order valence-corrected chi connectivity index (χ4v) is 1.52. The van der Waals surface area contributed by atoms with Crippen LogP contribution in [0.1, 0.15) is 5.56 Å². The van der Waals surface area contributed by atoms with Crippen LogP contribution < -0.4 is 0 Å². The van der Waals surface area contributed by atoms with Crippen LogP contribution in [0.15, 0.2) is 66.9 Å². The van der Waals surface area contributed by atoms with Gasteiger partial charge in [-0.05, 0) is 22.8 Å². The van der Waals surface area contributed by atoms with Gasteiger partial charge in [-0.1, -0.05) is 61.2 Å². The summed E-state index contributed by atoms with van der Waals surface area (Å²) in [5.74, 6) is 0. The first-order valence-corrected chi connectivity index (χ1v) is 4.91. The summed E-state index contributed by atoms with van der Waals surface area (Å²) in [6.45, 7) is 3.56. The zero-order valence-corrected chi connectivity index (χ0v) is 8.48. The molecule has 2 aromatic rings. The third kappa shape index (κ3) is 2.25. The van der Waals surface area contributed by atoms with Gasteiger partial charge in [-0.25, -0.2) is 0 Å². The van der Waals surface area contributed by atoms with Crippen molar-refractivity contribution in [3.8, 4) is 11.1 Å². The third-order valence-corrected chi connectivity index (χ3v) is 2.29. The Morgan fingerprint density at radius 2 is 1.40 bits per heavy atom. The molecule has 0 saturated heterocycles. The van der Waals surface area contributed by atoms with Crippen LogP contribution in [0, 0.1) is 0 Å². The average Bonchev–Trinajstić information content (AvgIpc) is 2.32. The molecule has 0 aliphatic heterocycles. The third-order valence-electron chi connectivity index (χ3n) is 2.29. The first-order valence-electron chi connectivity index (χ1n) is 4.91. The lowest BCUT2D eigenvalue weighted by Crippen LogP contribution is -1.77. The Balaban J connectivity index is 2.36. The van der Waals surface area contributed by atoms with E-state index in [-0.39, 0.29) is 0 Å². The molecule has 0 aliphatic carbocycles. The maximum Gasteiger partial charge on any atom is -0.0133 e. The highest BCUT2D eigenvalue weighted by Gasteiger charge is 1.94. The molecule has 72 valence electrons. The summed E-state index contributed by atoms with van der Waals surface area (Å²) in [5.41, 5.74) is 6.37. The van der Waals surface area contributed by atoms with Gasteiger partial charge in [-0.2, -0.15) is 0 Å². The molecule has 0 heteroatoms. The average molecular weight is 192 g/mol. The minimum Gasteiger partial charge on any atom is -0.128 e. The largest absolute Gasteiger partial charge is 0.128 e. The molecular formula is C15H12. The number of rotatable bonds is 2. The fourth-order valence-electron chi connectivity index (χ4n) is 1.52. The van der Waals surface area contributed by atoms with Gasteiger partial charge in [0.2, 0.25) is 0 Å². The van der Waals surface area contributed by atoms with Gasteiger partial charge in [0, 0.05) is 0 Å². The maximum atomic E-state index is 3.56. The first-order chi connectivity index (χ1) is 7.40. The topological polar surface area (TPSA) is 0 Å². The quantitative estimate of drug-likeness (QED) is 0.627. The molecule has 0 radical (unpaired) electrons. The van der Waals surface area contributed by atoms with Crippen molar-refractivity contribution in [2.24, 2.45) is 0 Å². The van der Waals surface area contributed by atoms with E-state index in [1.54, 1.807) is 0 Å². The van der Waals surface area contributed by atoms with Gasteiger partial charge in [0.1, 0.15) is 0 Å². The van der Waals surface area contributed by atoms with E-state index in [1.165, 1.54) is 11.1 Å². The van der Waals surface area contributed by atoms with Crippen molar-refractivity contribution in [3.05, 3.63) is 72.5 Å². The fraction of sp³-hybridized carbons (Fsp3) is 0. The normalized spacial score (nSPS) is 9.33. The van der Waals surface area contributed by atoms with Gasteiger partial charge in [-0.15, -0.1) is 5.73 Å². The smallest absolute Gasteiger partial charge is 0.0133 e. The summed E-state index contributed by atoms with van der Waals surface area (Å²) in [6.07, 6.45) is 1.87. The van der Waals surface area contributed by atoms with E-state index in [4.69, 9.17) is 0 Å². The minimum absolute atomic E-state index is 1.13. The van der Waals surface area contributed by atoms with E-state index in [0.717, 1.165) is 5.56 Å². The Bertz CT molecular complexity index is 471. The van der Waals surface area contributed by atoms with Crippen LogP contribution in [-0.4, -0.2) is 0 Å². The summed E-state index contributed by atoms with van der Waals surface area (Å²) in [4.78, 5) is 0. The second-order valence-electron chi connectivity index (χ2n) is 3.34. The second kappa shape index (κ2) is 4.45. The molecule has 0 N–H and O–H groups in total. The van der Waals surface area contributed by atoms with E-state index >= 15 is 0 Å². The van der Waals surface area contributed by atoms with Gasteiger partial charge in [0.25, 0.3) is 0 Å². The van der Waals surface area contributed by atoms with Crippen LogP contribution >= 0.6 is 0 Å². The molecule has 0 fully saturated rings. The van der Waals surface area contributed by atoms with Crippen LogP contribution in [-0.2, 0) is 0 Å². The van der Waals surface area contributed by atoms with Crippen molar-refractivity contribution in [1.82, 2.24) is 0 Å². The molecular weight excluding hydrogens is 180 g/mol. The van der Waals surface area contributed by atoms with Crippen LogP contribution in [0.4, 0.5) is 0 Å². The highest BCUT2D eigenvalue weighted by molar-refractivity contribution is 5.65. The van der Waals surface area contributed by atoms with Gasteiger partial charge in [-0.3, -0.25) is 0 Å². The van der Waals surface area contributed by atoms with Crippen molar-refractivity contribution in [3.63, 3.8) is 0 Å². The highest BCUT2D eigenvalue weighted by atomic mass is 14.0. The molecule has 2 aromatic carbocycles. The first kappa shape index (κ1) is 9.51.